The highest BCUT2D eigenvalue weighted by Crippen LogP contribution is 2.41. The number of carbonyl (C=O) groups is 1. The Morgan fingerprint density at radius 3 is 2.67 bits per heavy atom. The first-order valence-electron chi connectivity index (χ1n) is 7.61. The van der Waals surface area contributed by atoms with Crippen LogP contribution < -0.4 is 9.79 Å². The standard InChI is InChI=1S/C16H18N2O5S/c19-15(17-20)11-23-10-2-1-9-18-13-7-3-5-12-6-4-8-14(16(12)13)24(18,21)22/h3-8,20H,1-2,9-11H2,(H,17,19). The van der Waals surface area contributed by atoms with Crippen molar-refractivity contribution in [3.8, 4) is 0 Å². The van der Waals surface area contributed by atoms with Crippen molar-refractivity contribution in [2.24, 2.45) is 0 Å². The van der Waals surface area contributed by atoms with Gasteiger partial charge in [0.15, 0.2) is 0 Å². The van der Waals surface area contributed by atoms with Gasteiger partial charge in [-0.15, -0.1) is 0 Å². The van der Waals surface area contributed by atoms with E-state index in [9.17, 15) is 13.2 Å². The third-order valence-electron chi connectivity index (χ3n) is 3.94. The van der Waals surface area contributed by atoms with Crippen molar-refractivity contribution in [1.29, 1.82) is 0 Å². The molecule has 1 heterocycles. The van der Waals surface area contributed by atoms with Crippen LogP contribution in [0, 0.1) is 0 Å². The topological polar surface area (TPSA) is 95.9 Å². The molecular formula is C16H18N2O5S. The molecule has 3 rings (SSSR count). The molecule has 2 aromatic rings. The van der Waals surface area contributed by atoms with Crippen molar-refractivity contribution in [3.05, 3.63) is 36.4 Å². The highest BCUT2D eigenvalue weighted by Gasteiger charge is 2.34. The van der Waals surface area contributed by atoms with E-state index in [1.54, 1.807) is 12.1 Å². The highest BCUT2D eigenvalue weighted by atomic mass is 32.2. The van der Waals surface area contributed by atoms with Gasteiger partial charge >= 0.3 is 0 Å². The fraction of sp³-hybridized carbons (Fsp3) is 0.312. The van der Waals surface area contributed by atoms with Gasteiger partial charge in [0.2, 0.25) is 0 Å². The highest BCUT2D eigenvalue weighted by molar-refractivity contribution is 7.93. The molecule has 128 valence electrons. The maximum Gasteiger partial charge on any atom is 0.269 e. The zero-order chi connectivity index (χ0) is 17.2. The van der Waals surface area contributed by atoms with E-state index < -0.39 is 15.9 Å². The zero-order valence-corrected chi connectivity index (χ0v) is 13.8. The van der Waals surface area contributed by atoms with E-state index in [-0.39, 0.29) is 6.61 Å². The number of nitrogens with zero attached hydrogens (tertiary/aromatic N) is 1. The number of hydroxylamine groups is 1. The van der Waals surface area contributed by atoms with Crippen LogP contribution in [0.2, 0.25) is 0 Å². The summed E-state index contributed by atoms with van der Waals surface area (Å²) < 4.78 is 32.0. The van der Waals surface area contributed by atoms with Crippen molar-refractivity contribution in [3.63, 3.8) is 0 Å². The Hall–Kier alpha value is -2.16. The van der Waals surface area contributed by atoms with Crippen LogP contribution in [0.5, 0.6) is 0 Å². The lowest BCUT2D eigenvalue weighted by Gasteiger charge is -2.18. The summed E-state index contributed by atoms with van der Waals surface area (Å²) in [6, 6.07) is 10.9. The smallest absolute Gasteiger partial charge is 0.269 e. The molecule has 24 heavy (non-hydrogen) atoms. The number of ether oxygens (including phenoxy) is 1. The van der Waals surface area contributed by atoms with Crippen LogP contribution in [0.25, 0.3) is 10.8 Å². The van der Waals surface area contributed by atoms with E-state index in [4.69, 9.17) is 9.94 Å². The number of anilines is 1. The SMILES string of the molecule is O=C(COCCCCN1c2cccc3cccc(c23)S1(=O)=O)NO. The van der Waals surface area contributed by atoms with Crippen LogP contribution in [0.1, 0.15) is 12.8 Å². The van der Waals surface area contributed by atoms with Crippen molar-refractivity contribution < 1.29 is 23.2 Å². The van der Waals surface area contributed by atoms with Crippen LogP contribution >= 0.6 is 0 Å². The molecule has 0 atom stereocenters. The second-order valence-electron chi connectivity index (χ2n) is 5.50. The summed E-state index contributed by atoms with van der Waals surface area (Å²) in [6.07, 6.45) is 1.21. The predicted octanol–water partition coefficient (Wildman–Crippen LogP) is 1.65. The fourth-order valence-electron chi connectivity index (χ4n) is 2.86. The van der Waals surface area contributed by atoms with Crippen LogP contribution in [-0.4, -0.2) is 39.3 Å². The summed E-state index contributed by atoms with van der Waals surface area (Å²) in [6.45, 7) is 0.452. The number of sulfonamides is 1. The Morgan fingerprint density at radius 1 is 1.17 bits per heavy atom. The predicted molar refractivity (Wildman–Crippen MR) is 88.5 cm³/mol. The molecule has 0 saturated heterocycles. The molecular weight excluding hydrogens is 332 g/mol. The van der Waals surface area contributed by atoms with Crippen molar-refractivity contribution in [2.45, 2.75) is 17.7 Å². The van der Waals surface area contributed by atoms with Gasteiger partial charge in [-0.1, -0.05) is 24.3 Å². The van der Waals surface area contributed by atoms with Gasteiger partial charge in [-0.2, -0.15) is 0 Å². The number of benzene rings is 2. The number of unbranched alkanes of at least 4 members (excludes halogenated alkanes) is 1. The molecule has 1 aliphatic rings. The third-order valence-corrected chi connectivity index (χ3v) is 5.79. The van der Waals surface area contributed by atoms with Crippen LogP contribution in [0.15, 0.2) is 41.3 Å². The summed E-state index contributed by atoms with van der Waals surface area (Å²) in [7, 11) is -3.51. The van der Waals surface area contributed by atoms with Gasteiger partial charge < -0.3 is 4.74 Å². The van der Waals surface area contributed by atoms with Gasteiger partial charge in [0.25, 0.3) is 15.9 Å². The van der Waals surface area contributed by atoms with Gasteiger partial charge in [-0.3, -0.25) is 14.3 Å². The zero-order valence-electron chi connectivity index (χ0n) is 12.9. The number of rotatable bonds is 7. The van der Waals surface area contributed by atoms with Crippen LogP contribution in [0.4, 0.5) is 5.69 Å². The molecule has 0 spiro atoms. The Morgan fingerprint density at radius 2 is 1.92 bits per heavy atom. The molecule has 0 aliphatic carbocycles. The summed E-state index contributed by atoms with van der Waals surface area (Å²) in [5, 5.41) is 10.0. The van der Waals surface area contributed by atoms with E-state index in [1.165, 1.54) is 9.79 Å². The molecule has 0 bridgehead atoms. The monoisotopic (exact) mass is 350 g/mol. The summed E-state index contributed by atoms with van der Waals surface area (Å²) in [5.41, 5.74) is 2.19. The molecule has 0 unspecified atom stereocenters. The lowest BCUT2D eigenvalue weighted by atomic mass is 10.1. The van der Waals surface area contributed by atoms with E-state index >= 15 is 0 Å². The number of hydrogen-bond acceptors (Lipinski definition) is 5. The van der Waals surface area contributed by atoms with Gasteiger partial charge in [0.1, 0.15) is 6.61 Å². The maximum absolute atomic E-state index is 12.7. The Balaban J connectivity index is 1.66. The van der Waals surface area contributed by atoms with E-state index in [1.807, 2.05) is 24.3 Å². The fourth-order valence-corrected chi connectivity index (χ4v) is 4.60. The summed E-state index contributed by atoms with van der Waals surface area (Å²) in [5.74, 6) is -0.612. The van der Waals surface area contributed by atoms with E-state index in [0.29, 0.717) is 36.6 Å². The second kappa shape index (κ2) is 6.76. The van der Waals surface area contributed by atoms with Crippen molar-refractivity contribution in [2.75, 3.05) is 24.1 Å². The van der Waals surface area contributed by atoms with Gasteiger partial charge in [0.05, 0.1) is 10.6 Å². The lowest BCUT2D eigenvalue weighted by Crippen LogP contribution is -2.28. The van der Waals surface area contributed by atoms with E-state index in [2.05, 4.69) is 0 Å². The Kier molecular flexibility index (Phi) is 4.70. The maximum atomic E-state index is 12.7. The third kappa shape index (κ3) is 2.95. The molecule has 2 aromatic carbocycles. The quantitative estimate of drug-likeness (QED) is 0.450. The minimum Gasteiger partial charge on any atom is -0.372 e. The van der Waals surface area contributed by atoms with E-state index in [0.717, 1.165) is 10.8 Å². The average Bonchev–Trinajstić information content (AvgIpc) is 2.80. The minimum atomic E-state index is -3.51. The molecule has 1 amide bonds. The summed E-state index contributed by atoms with van der Waals surface area (Å²) >= 11 is 0. The molecule has 2 N–H and O–H groups in total. The van der Waals surface area contributed by atoms with Gasteiger partial charge in [0, 0.05) is 18.5 Å². The first-order valence-corrected chi connectivity index (χ1v) is 9.05. The molecule has 0 fully saturated rings. The molecule has 7 nitrogen and oxygen atoms in total. The lowest BCUT2D eigenvalue weighted by molar-refractivity contribution is -0.134. The largest absolute Gasteiger partial charge is 0.372 e. The van der Waals surface area contributed by atoms with Gasteiger partial charge in [-0.05, 0) is 30.4 Å². The first kappa shape index (κ1) is 16.7. The number of hydrogen-bond donors (Lipinski definition) is 2. The molecule has 0 aromatic heterocycles. The molecule has 0 radical (unpaired) electrons. The number of amides is 1. The van der Waals surface area contributed by atoms with Crippen LogP contribution in [0.3, 0.4) is 0 Å². The minimum absolute atomic E-state index is 0.219. The Bertz CT molecular complexity index is 861. The van der Waals surface area contributed by atoms with Gasteiger partial charge in [-0.25, -0.2) is 13.9 Å². The normalized spacial score (nSPS) is 15.0. The average molecular weight is 350 g/mol. The molecule has 1 aliphatic heterocycles. The number of nitrogens with one attached hydrogen (secondary N) is 1. The molecule has 0 saturated carbocycles. The summed E-state index contributed by atoms with van der Waals surface area (Å²) in [4.78, 5) is 11.2. The van der Waals surface area contributed by atoms with Crippen LogP contribution in [-0.2, 0) is 19.6 Å². The second-order valence-corrected chi connectivity index (χ2v) is 7.33. The molecule has 8 heteroatoms. The first-order chi connectivity index (χ1) is 11.6. The number of carbonyl (C=O) groups excluding carboxylic acids is 1. The van der Waals surface area contributed by atoms with Crippen molar-refractivity contribution in [1.82, 2.24) is 5.48 Å². The van der Waals surface area contributed by atoms with Crippen molar-refractivity contribution >= 4 is 32.4 Å². The Labute approximate surface area is 139 Å².